The van der Waals surface area contributed by atoms with Crippen molar-refractivity contribution in [3.63, 3.8) is 0 Å². The van der Waals surface area contributed by atoms with E-state index in [0.29, 0.717) is 37.3 Å². The topological polar surface area (TPSA) is 149 Å². The number of nitrogens with one attached hydrogen (secondary N) is 3. The van der Waals surface area contributed by atoms with Gasteiger partial charge in [0.05, 0.1) is 6.61 Å². The molecule has 2 amide bonds. The van der Waals surface area contributed by atoms with Gasteiger partial charge in [-0.25, -0.2) is 4.72 Å². The second kappa shape index (κ2) is 18.6. The molecule has 10 heteroatoms. The molecular weight excluding hydrogens is 514 g/mol. The van der Waals surface area contributed by atoms with Crippen LogP contribution in [0.5, 0.6) is 0 Å². The Morgan fingerprint density at radius 1 is 1.21 bits per heavy atom. The van der Waals surface area contributed by atoms with Gasteiger partial charge in [-0.3, -0.25) is 9.59 Å². The summed E-state index contributed by atoms with van der Waals surface area (Å²) in [5, 5.41) is 27.3. The van der Waals surface area contributed by atoms with Crippen LogP contribution in [0.1, 0.15) is 24.8 Å². The van der Waals surface area contributed by atoms with Crippen LogP contribution in [0.15, 0.2) is 96.2 Å². The van der Waals surface area contributed by atoms with Crippen LogP contribution in [0.25, 0.3) is 0 Å². The largest absolute Gasteiger partial charge is 0.409 e. The molecule has 0 aromatic heterocycles. The number of aliphatic hydroxyl groups is 1. The first-order chi connectivity index (χ1) is 19.0. The number of carbonyl (C=O) groups is 2. The van der Waals surface area contributed by atoms with Crippen LogP contribution in [-0.4, -0.2) is 59.0 Å². The minimum Gasteiger partial charge on any atom is -0.409 e. The maximum Gasteiger partial charge on any atom is 0.242 e. The summed E-state index contributed by atoms with van der Waals surface area (Å²) in [6, 6.07) is 8.11. The first-order valence-electron chi connectivity index (χ1n) is 12.9. The fourth-order valence-corrected chi connectivity index (χ4v) is 4.65. The lowest BCUT2D eigenvalue weighted by Gasteiger charge is -2.22. The second-order valence-corrected chi connectivity index (χ2v) is 9.74. The van der Waals surface area contributed by atoms with Crippen molar-refractivity contribution < 1.29 is 19.9 Å². The van der Waals surface area contributed by atoms with E-state index in [1.54, 1.807) is 18.2 Å². The maximum atomic E-state index is 13.0. The highest BCUT2D eigenvalue weighted by Crippen LogP contribution is 2.16. The number of hydrogen-bond donors (Lipinski definition) is 6. The van der Waals surface area contributed by atoms with Gasteiger partial charge >= 0.3 is 0 Å². The highest BCUT2D eigenvalue weighted by atomic mass is 32.2. The number of carbonyl (C=O) groups excluding carboxylic acids is 2. The van der Waals surface area contributed by atoms with Crippen LogP contribution >= 0.6 is 11.9 Å². The molecule has 1 aliphatic rings. The van der Waals surface area contributed by atoms with Crippen molar-refractivity contribution in [1.82, 2.24) is 15.4 Å². The first-order valence-corrected chi connectivity index (χ1v) is 13.9. The number of rotatable bonds is 17. The summed E-state index contributed by atoms with van der Waals surface area (Å²) in [5.74, 6) is 0.333. The Kier molecular flexibility index (Phi) is 15.1. The molecule has 0 saturated carbocycles. The number of oxime groups is 1. The minimum atomic E-state index is -0.846. The number of hydrogen-bond acceptors (Lipinski definition) is 7. The number of amides is 2. The van der Waals surface area contributed by atoms with Crippen LogP contribution in [0, 0.1) is 5.92 Å². The van der Waals surface area contributed by atoms with E-state index in [0.717, 1.165) is 17.7 Å². The average molecular weight is 554 g/mol. The monoisotopic (exact) mass is 553 g/mol. The van der Waals surface area contributed by atoms with Gasteiger partial charge in [-0.2, -0.15) is 0 Å². The SMILES string of the molecule is C=C/C=C(\C=C/CCNC(=O)[C@H](CCc1ccccc1)NC(=O)C(CO)NSCC1C=CC=CC1)C(/N)=N/O. The number of aliphatic hydroxyl groups excluding tert-OH is 1. The van der Waals surface area contributed by atoms with Crippen LogP contribution in [0.3, 0.4) is 0 Å². The van der Waals surface area contributed by atoms with Crippen molar-refractivity contribution in [2.75, 3.05) is 18.9 Å². The van der Waals surface area contributed by atoms with Crippen molar-refractivity contribution in [2.24, 2.45) is 16.8 Å². The lowest BCUT2D eigenvalue weighted by Crippen LogP contribution is -2.53. The molecule has 3 atom stereocenters. The summed E-state index contributed by atoms with van der Waals surface area (Å²) in [5.41, 5.74) is 7.17. The summed E-state index contributed by atoms with van der Waals surface area (Å²) in [4.78, 5) is 26.0. The van der Waals surface area contributed by atoms with Crippen LogP contribution < -0.4 is 21.1 Å². The third-order valence-electron chi connectivity index (χ3n) is 5.90. The molecule has 1 aromatic carbocycles. The van der Waals surface area contributed by atoms with E-state index in [-0.39, 0.29) is 11.7 Å². The van der Waals surface area contributed by atoms with Gasteiger partial charge in [0.25, 0.3) is 0 Å². The standard InChI is InChI=1S/C29H39N5O4S/c1-2-11-24(27(30)33-38)16-9-10-19-31-28(36)25(18-17-22-12-5-3-6-13-22)32-29(37)26(20-35)34-39-21-23-14-7-4-8-15-23/h2-9,11-14,16,23,25-26,34-35,38H,1,10,15,17-21H2,(H2,30,33)(H,31,36)(H,32,37)/b16-9-,24-11+/t23?,25-,26?/m0/s1. The van der Waals surface area contributed by atoms with Crippen molar-refractivity contribution in [2.45, 2.75) is 37.8 Å². The molecule has 39 heavy (non-hydrogen) atoms. The zero-order valence-electron chi connectivity index (χ0n) is 22.0. The van der Waals surface area contributed by atoms with Gasteiger partial charge in [-0.1, -0.05) is 103 Å². The van der Waals surface area contributed by atoms with E-state index >= 15 is 0 Å². The fraction of sp³-hybridized carbons (Fsp3) is 0.345. The fourth-order valence-electron chi connectivity index (χ4n) is 3.70. The highest BCUT2D eigenvalue weighted by Gasteiger charge is 2.25. The van der Waals surface area contributed by atoms with Crippen LogP contribution in [-0.2, 0) is 16.0 Å². The highest BCUT2D eigenvalue weighted by molar-refractivity contribution is 7.97. The van der Waals surface area contributed by atoms with Crippen LogP contribution in [0.4, 0.5) is 0 Å². The normalized spacial score (nSPS) is 17.1. The maximum absolute atomic E-state index is 13.0. The van der Waals surface area contributed by atoms with Gasteiger partial charge in [0.15, 0.2) is 5.84 Å². The molecule has 0 radical (unpaired) electrons. The van der Waals surface area contributed by atoms with Gasteiger partial charge in [0.2, 0.25) is 11.8 Å². The Bertz CT molecular complexity index is 1070. The van der Waals surface area contributed by atoms with Crippen molar-refractivity contribution in [3.05, 3.63) is 96.7 Å². The second-order valence-electron chi connectivity index (χ2n) is 8.88. The molecule has 0 saturated heterocycles. The quantitative estimate of drug-likeness (QED) is 0.0330. The molecule has 0 fully saturated rings. The van der Waals surface area contributed by atoms with Gasteiger partial charge in [0.1, 0.15) is 12.1 Å². The van der Waals surface area contributed by atoms with Crippen molar-refractivity contribution >= 4 is 29.6 Å². The lowest BCUT2D eigenvalue weighted by molar-refractivity contribution is -0.130. The summed E-state index contributed by atoms with van der Waals surface area (Å²) in [6.07, 6.45) is 17.2. The first kappa shape index (κ1) is 31.6. The molecule has 1 aliphatic carbocycles. The zero-order chi connectivity index (χ0) is 28.3. The Morgan fingerprint density at radius 3 is 2.67 bits per heavy atom. The molecule has 1 aromatic rings. The molecule has 0 heterocycles. The molecule has 7 N–H and O–H groups in total. The summed E-state index contributed by atoms with van der Waals surface area (Å²) in [6.45, 7) is 3.54. The zero-order valence-corrected chi connectivity index (χ0v) is 22.9. The van der Waals surface area contributed by atoms with Gasteiger partial charge < -0.3 is 26.7 Å². The summed E-state index contributed by atoms with van der Waals surface area (Å²) in [7, 11) is 0. The number of nitrogens with zero attached hydrogens (tertiary/aromatic N) is 1. The predicted molar refractivity (Wildman–Crippen MR) is 158 cm³/mol. The van der Waals surface area contributed by atoms with E-state index in [4.69, 9.17) is 10.9 Å². The van der Waals surface area contributed by atoms with Crippen molar-refractivity contribution in [1.29, 1.82) is 0 Å². The predicted octanol–water partition coefficient (Wildman–Crippen LogP) is 2.76. The number of benzene rings is 1. The van der Waals surface area contributed by atoms with E-state index in [2.05, 4.69) is 39.2 Å². The molecule has 2 unspecified atom stereocenters. The molecular formula is C29H39N5O4S. The van der Waals surface area contributed by atoms with E-state index < -0.39 is 24.6 Å². The van der Waals surface area contributed by atoms with Gasteiger partial charge in [-0.15, -0.1) is 0 Å². The Balaban J connectivity index is 1.94. The molecule has 0 aliphatic heterocycles. The van der Waals surface area contributed by atoms with E-state index in [1.807, 2.05) is 42.5 Å². The Labute approximate surface area is 234 Å². The van der Waals surface area contributed by atoms with Crippen LogP contribution in [0.2, 0.25) is 0 Å². The lowest BCUT2D eigenvalue weighted by atomic mass is 10.0. The van der Waals surface area contributed by atoms with Crippen molar-refractivity contribution in [3.8, 4) is 0 Å². The molecule has 0 spiro atoms. The number of aryl methyl sites for hydroxylation is 1. The summed E-state index contributed by atoms with van der Waals surface area (Å²) < 4.78 is 3.04. The molecule has 2 rings (SSSR count). The number of nitrogens with two attached hydrogens (primary N) is 1. The third-order valence-corrected chi connectivity index (χ3v) is 6.94. The number of allylic oxidation sites excluding steroid dienone is 6. The minimum absolute atomic E-state index is 0.0453. The van der Waals surface area contributed by atoms with Gasteiger partial charge in [-0.05, 0) is 37.2 Å². The third kappa shape index (κ3) is 12.2. The molecule has 9 nitrogen and oxygen atoms in total. The van der Waals surface area contributed by atoms with Gasteiger partial charge in [0, 0.05) is 17.9 Å². The Morgan fingerprint density at radius 2 is 2.00 bits per heavy atom. The Hall–Kier alpha value is -3.60. The molecule has 0 bridgehead atoms. The average Bonchev–Trinajstić information content (AvgIpc) is 2.97. The van der Waals surface area contributed by atoms with E-state index in [1.165, 1.54) is 18.0 Å². The molecule has 210 valence electrons. The number of amidine groups is 1. The smallest absolute Gasteiger partial charge is 0.242 e. The summed E-state index contributed by atoms with van der Waals surface area (Å²) >= 11 is 1.39. The van der Waals surface area contributed by atoms with E-state index in [9.17, 15) is 14.7 Å².